The van der Waals surface area contributed by atoms with Crippen LogP contribution in [0.15, 0.2) is 12.4 Å². The van der Waals surface area contributed by atoms with Gasteiger partial charge in [-0.3, -0.25) is 14.8 Å². The topological polar surface area (TPSA) is 52.2 Å². The Bertz CT molecular complexity index is 389. The van der Waals surface area contributed by atoms with E-state index < -0.39 is 0 Å². The number of carbonyl (C=O) groups excluding carboxylic acids is 1. The molecule has 2 aliphatic rings. The standard InChI is InChI=1S/C12H18N4O/c17-12(10-7-13-14-8-10)16-6-2-5-15-4-1-3-11(15)9-16/h7-8,11H,1-6,9H2,(H,13,14). The third-order valence-corrected chi connectivity index (χ3v) is 3.84. The first-order valence-corrected chi connectivity index (χ1v) is 6.37. The van der Waals surface area contributed by atoms with Gasteiger partial charge in [0.15, 0.2) is 0 Å². The molecule has 0 radical (unpaired) electrons. The van der Waals surface area contributed by atoms with Gasteiger partial charge in [0, 0.05) is 31.9 Å². The molecule has 1 aromatic rings. The summed E-state index contributed by atoms with van der Waals surface area (Å²) < 4.78 is 0. The first-order chi connectivity index (χ1) is 8.34. The number of nitrogens with zero attached hydrogens (tertiary/aromatic N) is 3. The molecular weight excluding hydrogens is 216 g/mol. The van der Waals surface area contributed by atoms with Crippen LogP contribution in [0.3, 0.4) is 0 Å². The Hall–Kier alpha value is -1.36. The zero-order valence-corrected chi connectivity index (χ0v) is 9.93. The third kappa shape index (κ3) is 2.07. The van der Waals surface area contributed by atoms with Crippen molar-refractivity contribution in [3.63, 3.8) is 0 Å². The molecular formula is C12H18N4O. The Morgan fingerprint density at radius 3 is 3.06 bits per heavy atom. The third-order valence-electron chi connectivity index (χ3n) is 3.84. The minimum Gasteiger partial charge on any atom is -0.337 e. The normalized spacial score (nSPS) is 25.6. The number of fused-ring (bicyclic) bond motifs is 1. The number of nitrogens with one attached hydrogen (secondary N) is 1. The lowest BCUT2D eigenvalue weighted by molar-refractivity contribution is 0.0743. The van der Waals surface area contributed by atoms with Crippen molar-refractivity contribution in [1.82, 2.24) is 20.0 Å². The molecule has 2 saturated heterocycles. The quantitative estimate of drug-likeness (QED) is 0.779. The van der Waals surface area contributed by atoms with Gasteiger partial charge in [-0.1, -0.05) is 0 Å². The SMILES string of the molecule is O=C(c1cn[nH]c1)N1CCCN2CCCC2C1. The van der Waals surface area contributed by atoms with Crippen molar-refractivity contribution in [3.05, 3.63) is 18.0 Å². The fourth-order valence-electron chi connectivity index (χ4n) is 2.94. The average molecular weight is 234 g/mol. The molecule has 1 N–H and O–H groups in total. The van der Waals surface area contributed by atoms with Gasteiger partial charge >= 0.3 is 0 Å². The number of rotatable bonds is 1. The maximum absolute atomic E-state index is 12.2. The summed E-state index contributed by atoms with van der Waals surface area (Å²) in [6, 6.07) is 0.577. The van der Waals surface area contributed by atoms with Gasteiger partial charge in [-0.2, -0.15) is 5.10 Å². The van der Waals surface area contributed by atoms with Crippen molar-refractivity contribution in [2.45, 2.75) is 25.3 Å². The number of hydrogen-bond acceptors (Lipinski definition) is 3. The predicted octanol–water partition coefficient (Wildman–Crippen LogP) is 0.720. The van der Waals surface area contributed by atoms with E-state index >= 15 is 0 Å². The molecule has 0 bridgehead atoms. The summed E-state index contributed by atoms with van der Waals surface area (Å²) in [6.45, 7) is 4.10. The second kappa shape index (κ2) is 4.49. The maximum Gasteiger partial charge on any atom is 0.257 e. The zero-order valence-electron chi connectivity index (χ0n) is 9.93. The molecule has 3 heterocycles. The predicted molar refractivity (Wildman–Crippen MR) is 63.7 cm³/mol. The average Bonchev–Trinajstić information content (AvgIpc) is 2.96. The van der Waals surface area contributed by atoms with Gasteiger partial charge in [0.25, 0.3) is 5.91 Å². The molecule has 1 atom stereocenters. The summed E-state index contributed by atoms with van der Waals surface area (Å²) in [5, 5.41) is 6.55. The van der Waals surface area contributed by atoms with E-state index in [1.54, 1.807) is 12.4 Å². The van der Waals surface area contributed by atoms with E-state index in [2.05, 4.69) is 15.1 Å². The number of hydrogen-bond donors (Lipinski definition) is 1. The van der Waals surface area contributed by atoms with Gasteiger partial charge in [-0.25, -0.2) is 0 Å². The van der Waals surface area contributed by atoms with Crippen LogP contribution in [0.5, 0.6) is 0 Å². The molecule has 92 valence electrons. The highest BCUT2D eigenvalue weighted by atomic mass is 16.2. The van der Waals surface area contributed by atoms with Gasteiger partial charge in [0.05, 0.1) is 11.8 Å². The van der Waals surface area contributed by atoms with E-state index in [4.69, 9.17) is 0 Å². The Balaban J connectivity index is 1.72. The number of amides is 1. The van der Waals surface area contributed by atoms with Crippen LogP contribution in [0.2, 0.25) is 0 Å². The monoisotopic (exact) mass is 234 g/mol. The molecule has 2 fully saturated rings. The maximum atomic E-state index is 12.2. The van der Waals surface area contributed by atoms with Gasteiger partial charge in [0.1, 0.15) is 0 Å². The summed E-state index contributed by atoms with van der Waals surface area (Å²) in [4.78, 5) is 16.8. The van der Waals surface area contributed by atoms with E-state index in [0.29, 0.717) is 11.6 Å². The molecule has 17 heavy (non-hydrogen) atoms. The van der Waals surface area contributed by atoms with Crippen molar-refractivity contribution in [2.24, 2.45) is 0 Å². The van der Waals surface area contributed by atoms with Crippen LogP contribution in [0.25, 0.3) is 0 Å². The summed E-state index contributed by atoms with van der Waals surface area (Å²) in [6.07, 6.45) is 6.88. The van der Waals surface area contributed by atoms with E-state index in [-0.39, 0.29) is 5.91 Å². The first kappa shape index (κ1) is 10.8. The van der Waals surface area contributed by atoms with Crippen molar-refractivity contribution >= 4 is 5.91 Å². The van der Waals surface area contributed by atoms with Crippen LogP contribution < -0.4 is 0 Å². The second-order valence-corrected chi connectivity index (χ2v) is 4.92. The molecule has 0 aromatic carbocycles. The second-order valence-electron chi connectivity index (χ2n) is 4.92. The molecule has 0 saturated carbocycles. The van der Waals surface area contributed by atoms with Crippen LogP contribution in [-0.4, -0.2) is 58.1 Å². The number of aromatic amines is 1. The van der Waals surface area contributed by atoms with Crippen LogP contribution in [0.4, 0.5) is 0 Å². The molecule has 3 rings (SSSR count). The van der Waals surface area contributed by atoms with Gasteiger partial charge < -0.3 is 4.90 Å². The van der Waals surface area contributed by atoms with Crippen molar-refractivity contribution in [1.29, 1.82) is 0 Å². The zero-order chi connectivity index (χ0) is 11.7. The highest BCUT2D eigenvalue weighted by Crippen LogP contribution is 2.22. The molecule has 1 amide bonds. The molecule has 1 aromatic heterocycles. The molecule has 5 heteroatoms. The summed E-state index contributed by atoms with van der Waals surface area (Å²) in [5.74, 6) is 0.118. The molecule has 2 aliphatic heterocycles. The molecule has 1 unspecified atom stereocenters. The summed E-state index contributed by atoms with van der Waals surface area (Å²) in [5.41, 5.74) is 0.677. The van der Waals surface area contributed by atoms with Gasteiger partial charge in [-0.05, 0) is 25.8 Å². The van der Waals surface area contributed by atoms with Crippen molar-refractivity contribution in [2.75, 3.05) is 26.2 Å². The molecule has 0 aliphatic carbocycles. The number of H-pyrrole nitrogens is 1. The highest BCUT2D eigenvalue weighted by molar-refractivity contribution is 5.93. The van der Waals surface area contributed by atoms with E-state index in [1.807, 2.05) is 4.90 Å². The fourth-order valence-corrected chi connectivity index (χ4v) is 2.94. The van der Waals surface area contributed by atoms with Crippen molar-refractivity contribution < 1.29 is 4.79 Å². The van der Waals surface area contributed by atoms with E-state index in [1.165, 1.54) is 19.4 Å². The summed E-state index contributed by atoms with van der Waals surface area (Å²) >= 11 is 0. The lowest BCUT2D eigenvalue weighted by atomic mass is 10.2. The van der Waals surface area contributed by atoms with Crippen LogP contribution in [-0.2, 0) is 0 Å². The van der Waals surface area contributed by atoms with Crippen molar-refractivity contribution in [3.8, 4) is 0 Å². The van der Waals surface area contributed by atoms with Crippen LogP contribution >= 0.6 is 0 Å². The Morgan fingerprint density at radius 2 is 2.24 bits per heavy atom. The Morgan fingerprint density at radius 1 is 1.35 bits per heavy atom. The van der Waals surface area contributed by atoms with E-state index in [9.17, 15) is 4.79 Å². The lowest BCUT2D eigenvalue weighted by Gasteiger charge is -2.25. The molecule has 0 spiro atoms. The number of carbonyl (C=O) groups is 1. The largest absolute Gasteiger partial charge is 0.337 e. The minimum atomic E-state index is 0.118. The van der Waals surface area contributed by atoms with Gasteiger partial charge in [-0.15, -0.1) is 0 Å². The van der Waals surface area contributed by atoms with Crippen LogP contribution in [0, 0.1) is 0 Å². The fraction of sp³-hybridized carbons (Fsp3) is 0.667. The van der Waals surface area contributed by atoms with Gasteiger partial charge in [0.2, 0.25) is 0 Å². The Kier molecular flexibility index (Phi) is 2.84. The van der Waals surface area contributed by atoms with Crippen LogP contribution in [0.1, 0.15) is 29.6 Å². The highest BCUT2D eigenvalue weighted by Gasteiger charge is 2.30. The smallest absolute Gasteiger partial charge is 0.257 e. The molecule has 5 nitrogen and oxygen atoms in total. The first-order valence-electron chi connectivity index (χ1n) is 6.37. The summed E-state index contributed by atoms with van der Waals surface area (Å²) in [7, 11) is 0. The Labute approximate surface area is 101 Å². The van der Waals surface area contributed by atoms with E-state index in [0.717, 1.165) is 26.1 Å². The number of aromatic nitrogens is 2. The lowest BCUT2D eigenvalue weighted by Crippen LogP contribution is -2.39. The minimum absolute atomic E-state index is 0.118.